The summed E-state index contributed by atoms with van der Waals surface area (Å²) >= 11 is 0. The number of benzene rings is 3. The highest BCUT2D eigenvalue weighted by Gasteiger charge is 2.21. The summed E-state index contributed by atoms with van der Waals surface area (Å²) in [5.41, 5.74) is 6.17. The molecule has 4 rings (SSSR count). The SMILES string of the molecule is COc1ccc(-n2nc(-c3ccc(C)cc3)c(O)c2-c2cccc(C)c2)cc1. The summed E-state index contributed by atoms with van der Waals surface area (Å²) in [6, 6.07) is 23.7. The minimum absolute atomic E-state index is 0.172. The fourth-order valence-electron chi connectivity index (χ4n) is 3.28. The Balaban J connectivity index is 1.94. The van der Waals surface area contributed by atoms with Gasteiger partial charge in [-0.2, -0.15) is 5.10 Å². The Hall–Kier alpha value is -3.53. The van der Waals surface area contributed by atoms with E-state index in [2.05, 4.69) is 6.07 Å². The van der Waals surface area contributed by atoms with Gasteiger partial charge in [0, 0.05) is 11.1 Å². The molecule has 0 atom stereocenters. The number of aromatic nitrogens is 2. The number of rotatable bonds is 4. The monoisotopic (exact) mass is 370 g/mol. The molecule has 4 nitrogen and oxygen atoms in total. The number of aromatic hydroxyl groups is 1. The van der Waals surface area contributed by atoms with Crippen LogP contribution in [0.1, 0.15) is 11.1 Å². The molecule has 28 heavy (non-hydrogen) atoms. The van der Waals surface area contributed by atoms with Crippen molar-refractivity contribution in [1.82, 2.24) is 9.78 Å². The molecule has 1 N–H and O–H groups in total. The quantitative estimate of drug-likeness (QED) is 0.513. The summed E-state index contributed by atoms with van der Waals surface area (Å²) in [6.07, 6.45) is 0. The first-order valence-electron chi connectivity index (χ1n) is 9.17. The van der Waals surface area contributed by atoms with Gasteiger partial charge in [0.15, 0.2) is 5.75 Å². The van der Waals surface area contributed by atoms with Gasteiger partial charge in [0.25, 0.3) is 0 Å². The Morgan fingerprint density at radius 3 is 2.18 bits per heavy atom. The van der Waals surface area contributed by atoms with Crippen LogP contribution in [0.2, 0.25) is 0 Å². The van der Waals surface area contributed by atoms with E-state index in [9.17, 15) is 5.11 Å². The second-order valence-corrected chi connectivity index (χ2v) is 6.89. The van der Waals surface area contributed by atoms with Crippen LogP contribution in [0.5, 0.6) is 11.5 Å². The third kappa shape index (κ3) is 3.25. The summed E-state index contributed by atoms with van der Waals surface area (Å²) in [5.74, 6) is 0.946. The lowest BCUT2D eigenvalue weighted by Crippen LogP contribution is -1.99. The molecule has 0 aliphatic carbocycles. The maximum atomic E-state index is 11.1. The molecule has 3 aromatic carbocycles. The van der Waals surface area contributed by atoms with E-state index in [-0.39, 0.29) is 5.75 Å². The van der Waals surface area contributed by atoms with Gasteiger partial charge in [-0.3, -0.25) is 0 Å². The summed E-state index contributed by atoms with van der Waals surface area (Å²) in [5, 5.41) is 15.9. The van der Waals surface area contributed by atoms with E-state index in [1.54, 1.807) is 11.8 Å². The standard InChI is InChI=1S/C24H22N2O2/c1-16-7-9-18(10-8-16)22-24(27)23(19-6-4-5-17(2)15-19)26(25-22)20-11-13-21(28-3)14-12-20/h4-15,27H,1-3H3. The van der Waals surface area contributed by atoms with Gasteiger partial charge >= 0.3 is 0 Å². The number of hydrogen-bond acceptors (Lipinski definition) is 3. The molecule has 0 aliphatic heterocycles. The molecule has 4 heteroatoms. The Morgan fingerprint density at radius 1 is 0.821 bits per heavy atom. The topological polar surface area (TPSA) is 47.3 Å². The van der Waals surface area contributed by atoms with Crippen molar-refractivity contribution in [2.75, 3.05) is 7.11 Å². The van der Waals surface area contributed by atoms with Gasteiger partial charge < -0.3 is 9.84 Å². The van der Waals surface area contributed by atoms with Gasteiger partial charge in [-0.15, -0.1) is 0 Å². The molecule has 0 fully saturated rings. The Labute approximate surface area is 164 Å². The molecule has 0 spiro atoms. The molecule has 4 aromatic rings. The minimum atomic E-state index is 0.172. The van der Waals surface area contributed by atoms with E-state index >= 15 is 0 Å². The molecule has 1 heterocycles. The molecule has 0 bridgehead atoms. The zero-order valence-electron chi connectivity index (χ0n) is 16.2. The van der Waals surface area contributed by atoms with E-state index in [1.807, 2.05) is 80.6 Å². The predicted octanol–water partition coefficient (Wildman–Crippen LogP) is 5.54. The zero-order valence-corrected chi connectivity index (χ0v) is 16.2. The first-order chi connectivity index (χ1) is 13.6. The normalized spacial score (nSPS) is 10.8. The molecule has 140 valence electrons. The Kier molecular flexibility index (Phi) is 4.62. The Morgan fingerprint density at radius 2 is 1.54 bits per heavy atom. The van der Waals surface area contributed by atoms with E-state index < -0.39 is 0 Å². The number of methoxy groups -OCH3 is 1. The average Bonchev–Trinajstić information content (AvgIpc) is 3.06. The van der Waals surface area contributed by atoms with E-state index in [0.29, 0.717) is 11.4 Å². The number of nitrogens with zero attached hydrogens (tertiary/aromatic N) is 2. The second kappa shape index (κ2) is 7.24. The second-order valence-electron chi connectivity index (χ2n) is 6.89. The first kappa shape index (κ1) is 17.9. The van der Waals surface area contributed by atoms with Crippen LogP contribution in [0, 0.1) is 13.8 Å². The van der Waals surface area contributed by atoms with Crippen molar-refractivity contribution in [2.45, 2.75) is 13.8 Å². The molecule has 0 amide bonds. The van der Waals surface area contributed by atoms with Crippen molar-refractivity contribution in [3.63, 3.8) is 0 Å². The number of ether oxygens (including phenoxy) is 1. The van der Waals surface area contributed by atoms with E-state index in [0.717, 1.165) is 33.7 Å². The minimum Gasteiger partial charge on any atom is -0.504 e. The van der Waals surface area contributed by atoms with Crippen LogP contribution in [0.3, 0.4) is 0 Å². The van der Waals surface area contributed by atoms with Crippen molar-refractivity contribution in [3.8, 4) is 39.7 Å². The lowest BCUT2D eigenvalue weighted by molar-refractivity contribution is 0.414. The van der Waals surface area contributed by atoms with Gasteiger partial charge in [0.2, 0.25) is 0 Å². The molecule has 0 saturated carbocycles. The van der Waals surface area contributed by atoms with Crippen LogP contribution < -0.4 is 4.74 Å². The highest BCUT2D eigenvalue weighted by molar-refractivity contribution is 5.79. The number of aryl methyl sites for hydroxylation is 2. The Bertz CT molecular complexity index is 1110. The highest BCUT2D eigenvalue weighted by Crippen LogP contribution is 2.39. The van der Waals surface area contributed by atoms with Crippen molar-refractivity contribution in [2.24, 2.45) is 0 Å². The third-order valence-corrected chi connectivity index (χ3v) is 4.79. The lowest BCUT2D eigenvalue weighted by Gasteiger charge is -2.09. The molecule has 0 aliphatic rings. The molecular weight excluding hydrogens is 348 g/mol. The highest BCUT2D eigenvalue weighted by atomic mass is 16.5. The van der Waals surface area contributed by atoms with Gasteiger partial charge in [0.1, 0.15) is 17.1 Å². The fourth-order valence-corrected chi connectivity index (χ4v) is 3.28. The number of hydrogen-bond donors (Lipinski definition) is 1. The largest absolute Gasteiger partial charge is 0.504 e. The van der Waals surface area contributed by atoms with Gasteiger partial charge in [-0.05, 0) is 44.2 Å². The maximum Gasteiger partial charge on any atom is 0.170 e. The molecule has 0 unspecified atom stereocenters. The molecule has 1 aromatic heterocycles. The van der Waals surface area contributed by atoms with Gasteiger partial charge in [-0.25, -0.2) is 4.68 Å². The molecule has 0 saturated heterocycles. The van der Waals surface area contributed by atoms with Crippen LogP contribution in [0.4, 0.5) is 0 Å². The van der Waals surface area contributed by atoms with Crippen LogP contribution in [-0.4, -0.2) is 22.0 Å². The fraction of sp³-hybridized carbons (Fsp3) is 0.125. The van der Waals surface area contributed by atoms with Crippen molar-refractivity contribution in [3.05, 3.63) is 83.9 Å². The molecule has 0 radical (unpaired) electrons. The summed E-state index contributed by atoms with van der Waals surface area (Å²) in [7, 11) is 1.64. The van der Waals surface area contributed by atoms with Gasteiger partial charge in [-0.1, -0.05) is 53.6 Å². The van der Waals surface area contributed by atoms with E-state index in [4.69, 9.17) is 9.84 Å². The maximum absolute atomic E-state index is 11.1. The zero-order chi connectivity index (χ0) is 19.7. The first-order valence-corrected chi connectivity index (χ1v) is 9.17. The van der Waals surface area contributed by atoms with Crippen molar-refractivity contribution >= 4 is 0 Å². The van der Waals surface area contributed by atoms with Crippen LogP contribution >= 0.6 is 0 Å². The van der Waals surface area contributed by atoms with Crippen LogP contribution in [0.25, 0.3) is 28.2 Å². The van der Waals surface area contributed by atoms with Gasteiger partial charge in [0.05, 0.1) is 12.8 Å². The predicted molar refractivity (Wildman–Crippen MR) is 112 cm³/mol. The third-order valence-electron chi connectivity index (χ3n) is 4.79. The van der Waals surface area contributed by atoms with Crippen LogP contribution in [0.15, 0.2) is 72.8 Å². The van der Waals surface area contributed by atoms with Crippen molar-refractivity contribution in [1.29, 1.82) is 0 Å². The molecular formula is C24H22N2O2. The average molecular weight is 370 g/mol. The summed E-state index contributed by atoms with van der Waals surface area (Å²) in [6.45, 7) is 4.08. The summed E-state index contributed by atoms with van der Waals surface area (Å²) < 4.78 is 7.06. The van der Waals surface area contributed by atoms with Crippen molar-refractivity contribution < 1.29 is 9.84 Å². The summed E-state index contributed by atoms with van der Waals surface area (Å²) in [4.78, 5) is 0. The smallest absolute Gasteiger partial charge is 0.170 e. The van der Waals surface area contributed by atoms with E-state index in [1.165, 1.54) is 0 Å². The van der Waals surface area contributed by atoms with Crippen LogP contribution in [-0.2, 0) is 0 Å². The lowest BCUT2D eigenvalue weighted by atomic mass is 10.0.